The Morgan fingerprint density at radius 2 is 1.92 bits per heavy atom. The molecule has 2 heterocycles. The van der Waals surface area contributed by atoms with E-state index in [1.54, 1.807) is 6.20 Å². The van der Waals surface area contributed by atoms with Crippen LogP contribution in [0, 0.1) is 11.3 Å². The van der Waals surface area contributed by atoms with Gasteiger partial charge in [0, 0.05) is 50.7 Å². The lowest BCUT2D eigenvalue weighted by atomic mass is 10.1. The average molecular weight is 522 g/mol. The zero-order valence-electron chi connectivity index (χ0n) is 22.4. The maximum atomic E-state index is 12.2. The molecule has 0 radical (unpaired) electrons. The number of hydrogen-bond donors (Lipinski definition) is 3. The molecule has 8 heteroatoms. The van der Waals surface area contributed by atoms with Gasteiger partial charge in [-0.15, -0.1) is 0 Å². The highest BCUT2D eigenvalue weighted by molar-refractivity contribution is 6.02. The van der Waals surface area contributed by atoms with E-state index in [1.165, 1.54) is 30.0 Å². The molecular formula is C31H35N7O. The van der Waals surface area contributed by atoms with Gasteiger partial charge >= 0.3 is 0 Å². The van der Waals surface area contributed by atoms with Crippen molar-refractivity contribution in [3.8, 4) is 6.07 Å². The molecule has 0 spiro atoms. The van der Waals surface area contributed by atoms with Crippen molar-refractivity contribution in [2.75, 3.05) is 53.6 Å². The highest BCUT2D eigenvalue weighted by Gasteiger charge is 2.23. The standard InChI is InChI=1S/C31H35N7O/c1-3-31(39)36-29-17-26(38-14-12-37(4-2)13-15-38)10-11-27(29)35-30-18-28(25(19-32)21-34-30)33-20-22-6-5-7-24(16-22)23-8-9-23/h3,5-7,10-11,16-18,21,23H,1,4,8-9,12-15,20H2,2H3,(H,36,39)(H2,33,34,35). The van der Waals surface area contributed by atoms with E-state index in [1.807, 2.05) is 18.2 Å². The van der Waals surface area contributed by atoms with Gasteiger partial charge in [-0.25, -0.2) is 4.98 Å². The van der Waals surface area contributed by atoms with Gasteiger partial charge < -0.3 is 25.8 Å². The van der Waals surface area contributed by atoms with Crippen LogP contribution in [0.15, 0.2) is 67.4 Å². The van der Waals surface area contributed by atoms with Crippen molar-refractivity contribution in [2.24, 2.45) is 0 Å². The molecule has 1 saturated carbocycles. The lowest BCUT2D eigenvalue weighted by molar-refractivity contribution is -0.111. The molecule has 2 aliphatic rings. The zero-order chi connectivity index (χ0) is 27.2. The number of aromatic nitrogens is 1. The number of nitriles is 1. The van der Waals surface area contributed by atoms with Crippen LogP contribution in [0.1, 0.15) is 42.4 Å². The first-order chi connectivity index (χ1) is 19.1. The summed E-state index contributed by atoms with van der Waals surface area (Å²) in [6.45, 7) is 11.3. The third-order valence-electron chi connectivity index (χ3n) is 7.40. The number of piperazine rings is 1. The molecule has 5 rings (SSSR count). The molecule has 1 aliphatic carbocycles. The Morgan fingerprint density at radius 3 is 2.64 bits per heavy atom. The van der Waals surface area contributed by atoms with Gasteiger partial charge in [-0.3, -0.25) is 4.79 Å². The summed E-state index contributed by atoms with van der Waals surface area (Å²) < 4.78 is 0. The highest BCUT2D eigenvalue weighted by atomic mass is 16.1. The Hall–Kier alpha value is -4.35. The van der Waals surface area contributed by atoms with Crippen LogP contribution < -0.4 is 20.9 Å². The number of carbonyl (C=O) groups is 1. The molecule has 1 aliphatic heterocycles. The largest absolute Gasteiger partial charge is 0.380 e. The first kappa shape index (κ1) is 26.3. The number of nitrogens with zero attached hydrogens (tertiary/aromatic N) is 4. The SMILES string of the molecule is C=CC(=O)Nc1cc(N2CCN(CC)CC2)ccc1Nc1cc(NCc2cccc(C3CC3)c2)c(C#N)cn1. The topological polar surface area (TPSA) is 96.3 Å². The maximum absolute atomic E-state index is 12.2. The molecule has 200 valence electrons. The number of amides is 1. The van der Waals surface area contributed by atoms with E-state index in [4.69, 9.17) is 0 Å². The van der Waals surface area contributed by atoms with Crippen LogP contribution in [0.25, 0.3) is 0 Å². The van der Waals surface area contributed by atoms with Gasteiger partial charge in [0.15, 0.2) is 0 Å². The second kappa shape index (κ2) is 12.0. The molecule has 1 aromatic heterocycles. The molecular weight excluding hydrogens is 486 g/mol. The monoisotopic (exact) mass is 521 g/mol. The first-order valence-corrected chi connectivity index (χ1v) is 13.6. The minimum Gasteiger partial charge on any atom is -0.380 e. The predicted octanol–water partition coefficient (Wildman–Crippen LogP) is 5.45. The van der Waals surface area contributed by atoms with Crippen molar-refractivity contribution < 1.29 is 4.79 Å². The molecule has 1 amide bonds. The summed E-state index contributed by atoms with van der Waals surface area (Å²) in [7, 11) is 0. The van der Waals surface area contributed by atoms with Crippen LogP contribution in [0.3, 0.4) is 0 Å². The van der Waals surface area contributed by atoms with E-state index in [2.05, 4.69) is 80.6 Å². The van der Waals surface area contributed by atoms with Gasteiger partial charge in [-0.05, 0) is 60.7 Å². The van der Waals surface area contributed by atoms with Gasteiger partial charge in [-0.1, -0.05) is 37.8 Å². The van der Waals surface area contributed by atoms with Crippen molar-refractivity contribution in [3.05, 3.63) is 84.1 Å². The van der Waals surface area contributed by atoms with Gasteiger partial charge in [0.05, 0.1) is 22.6 Å². The van der Waals surface area contributed by atoms with E-state index in [9.17, 15) is 10.1 Å². The Bertz CT molecular complexity index is 1380. The summed E-state index contributed by atoms with van der Waals surface area (Å²) >= 11 is 0. The normalized spacial score (nSPS) is 15.3. The van der Waals surface area contributed by atoms with Crippen molar-refractivity contribution in [1.29, 1.82) is 5.26 Å². The van der Waals surface area contributed by atoms with E-state index in [0.717, 1.165) is 38.4 Å². The number of pyridine rings is 1. The Morgan fingerprint density at radius 1 is 1.10 bits per heavy atom. The summed E-state index contributed by atoms with van der Waals surface area (Å²) in [5, 5.41) is 19.3. The molecule has 0 bridgehead atoms. The fraction of sp³-hybridized carbons (Fsp3) is 0.323. The third kappa shape index (κ3) is 6.57. The Kier molecular flexibility index (Phi) is 8.09. The second-order valence-corrected chi connectivity index (χ2v) is 10.1. The number of hydrogen-bond acceptors (Lipinski definition) is 7. The average Bonchev–Trinajstić information content (AvgIpc) is 3.83. The van der Waals surface area contributed by atoms with Crippen LogP contribution in [0.4, 0.5) is 28.6 Å². The molecule has 8 nitrogen and oxygen atoms in total. The van der Waals surface area contributed by atoms with Crippen molar-refractivity contribution >= 4 is 34.5 Å². The van der Waals surface area contributed by atoms with Crippen LogP contribution in [-0.2, 0) is 11.3 Å². The van der Waals surface area contributed by atoms with Gasteiger partial charge in [0.1, 0.15) is 11.9 Å². The van der Waals surface area contributed by atoms with E-state index in [0.29, 0.717) is 40.9 Å². The molecule has 3 aromatic rings. The summed E-state index contributed by atoms with van der Waals surface area (Å²) in [6.07, 6.45) is 5.35. The lowest BCUT2D eigenvalue weighted by Crippen LogP contribution is -2.46. The number of likely N-dealkylation sites (N-methyl/N-ethyl adjacent to an activating group) is 1. The fourth-order valence-corrected chi connectivity index (χ4v) is 4.92. The third-order valence-corrected chi connectivity index (χ3v) is 7.40. The molecule has 39 heavy (non-hydrogen) atoms. The Balaban J connectivity index is 1.34. The van der Waals surface area contributed by atoms with Crippen molar-refractivity contribution in [3.63, 3.8) is 0 Å². The summed E-state index contributed by atoms with van der Waals surface area (Å²) in [5.74, 6) is 0.982. The van der Waals surface area contributed by atoms with Gasteiger partial charge in [0.2, 0.25) is 5.91 Å². The minimum absolute atomic E-state index is 0.283. The highest BCUT2D eigenvalue weighted by Crippen LogP contribution is 2.40. The summed E-state index contributed by atoms with van der Waals surface area (Å²) in [5.41, 5.74) is 6.15. The van der Waals surface area contributed by atoms with Crippen molar-refractivity contribution in [1.82, 2.24) is 9.88 Å². The second-order valence-electron chi connectivity index (χ2n) is 10.1. The number of anilines is 5. The van der Waals surface area contributed by atoms with Crippen LogP contribution >= 0.6 is 0 Å². The molecule has 1 saturated heterocycles. The fourth-order valence-electron chi connectivity index (χ4n) is 4.92. The van der Waals surface area contributed by atoms with E-state index < -0.39 is 0 Å². The smallest absolute Gasteiger partial charge is 0.247 e. The van der Waals surface area contributed by atoms with Crippen molar-refractivity contribution in [2.45, 2.75) is 32.2 Å². The van der Waals surface area contributed by atoms with E-state index in [-0.39, 0.29) is 5.91 Å². The van der Waals surface area contributed by atoms with Crippen LogP contribution in [0.5, 0.6) is 0 Å². The van der Waals surface area contributed by atoms with E-state index >= 15 is 0 Å². The minimum atomic E-state index is -0.283. The molecule has 3 N–H and O–H groups in total. The molecule has 2 fully saturated rings. The van der Waals surface area contributed by atoms with Crippen LogP contribution in [0.2, 0.25) is 0 Å². The number of carbonyl (C=O) groups excluding carboxylic acids is 1. The maximum Gasteiger partial charge on any atom is 0.247 e. The molecule has 0 unspecified atom stereocenters. The first-order valence-electron chi connectivity index (χ1n) is 13.6. The quantitative estimate of drug-likeness (QED) is 0.305. The Labute approximate surface area is 230 Å². The summed E-state index contributed by atoms with van der Waals surface area (Å²) in [6, 6.07) is 18.7. The van der Waals surface area contributed by atoms with Gasteiger partial charge in [-0.2, -0.15) is 5.26 Å². The molecule has 0 atom stereocenters. The number of rotatable bonds is 10. The predicted molar refractivity (Wildman–Crippen MR) is 158 cm³/mol. The molecule has 2 aromatic carbocycles. The lowest BCUT2D eigenvalue weighted by Gasteiger charge is -2.35. The summed E-state index contributed by atoms with van der Waals surface area (Å²) in [4.78, 5) is 21.5. The van der Waals surface area contributed by atoms with Gasteiger partial charge in [0.25, 0.3) is 0 Å². The number of nitrogens with one attached hydrogen (secondary N) is 3. The number of benzene rings is 2. The zero-order valence-corrected chi connectivity index (χ0v) is 22.4. The van der Waals surface area contributed by atoms with Crippen LogP contribution in [-0.4, -0.2) is 48.5 Å².